The number of hydrogen-bond donors (Lipinski definition) is 2. The van der Waals surface area contributed by atoms with Crippen LogP contribution in [-0.4, -0.2) is 54.3 Å². The van der Waals surface area contributed by atoms with Gasteiger partial charge in [0, 0.05) is 24.7 Å². The average molecular weight is 482 g/mol. The molecule has 178 valence electrons. The molecule has 0 atom stereocenters. The fraction of sp³-hybridized carbons (Fsp3) is 0.333. The predicted octanol–water partition coefficient (Wildman–Crippen LogP) is 4.53. The molecule has 3 amide bonds. The Kier molecular flexibility index (Phi) is 7.27. The number of rotatable bonds is 6. The van der Waals surface area contributed by atoms with Gasteiger partial charge < -0.3 is 25.0 Å². The van der Waals surface area contributed by atoms with Crippen molar-refractivity contribution in [2.24, 2.45) is 0 Å². The zero-order chi connectivity index (χ0) is 24.1. The highest BCUT2D eigenvalue weighted by atomic mass is 32.1. The van der Waals surface area contributed by atoms with Gasteiger partial charge in [0.1, 0.15) is 16.5 Å². The van der Waals surface area contributed by atoms with Gasteiger partial charge in [-0.05, 0) is 61.7 Å². The maximum atomic E-state index is 12.8. The van der Waals surface area contributed by atoms with E-state index in [0.717, 1.165) is 23.4 Å². The van der Waals surface area contributed by atoms with Crippen LogP contribution in [0.5, 0.6) is 11.5 Å². The van der Waals surface area contributed by atoms with Gasteiger partial charge >= 0.3 is 6.03 Å². The SMILES string of the molecule is COc1ccc(NC(=O)c2nnc(C3CCN(C(=O)Nc4cc(C)ccc4OC)CC3)s2)cc1. The summed E-state index contributed by atoms with van der Waals surface area (Å²) in [4.78, 5) is 27.1. The molecule has 2 N–H and O–H groups in total. The molecule has 0 aliphatic carbocycles. The van der Waals surface area contributed by atoms with E-state index in [1.807, 2.05) is 25.1 Å². The van der Waals surface area contributed by atoms with Crippen LogP contribution in [0.15, 0.2) is 42.5 Å². The molecule has 1 aromatic heterocycles. The monoisotopic (exact) mass is 481 g/mol. The Hall–Kier alpha value is -3.66. The van der Waals surface area contributed by atoms with E-state index in [1.165, 1.54) is 11.3 Å². The number of aromatic nitrogens is 2. The molecule has 1 fully saturated rings. The number of nitrogens with one attached hydrogen (secondary N) is 2. The summed E-state index contributed by atoms with van der Waals surface area (Å²) in [6, 6.07) is 12.6. The van der Waals surface area contributed by atoms with Gasteiger partial charge in [-0.3, -0.25) is 4.79 Å². The summed E-state index contributed by atoms with van der Waals surface area (Å²) >= 11 is 1.30. The first kappa shape index (κ1) is 23.5. The Bertz CT molecular complexity index is 1160. The molecule has 0 bridgehead atoms. The largest absolute Gasteiger partial charge is 0.497 e. The highest BCUT2D eigenvalue weighted by Crippen LogP contribution is 2.31. The van der Waals surface area contributed by atoms with Crippen molar-refractivity contribution < 1.29 is 19.1 Å². The lowest BCUT2D eigenvalue weighted by molar-refractivity contribution is 0.102. The van der Waals surface area contributed by atoms with Crippen LogP contribution in [0.3, 0.4) is 0 Å². The summed E-state index contributed by atoms with van der Waals surface area (Å²) in [5.74, 6) is 1.22. The van der Waals surface area contributed by atoms with Crippen molar-refractivity contribution in [3.63, 3.8) is 0 Å². The number of anilines is 2. The van der Waals surface area contributed by atoms with Crippen molar-refractivity contribution in [2.75, 3.05) is 37.9 Å². The number of methoxy groups -OCH3 is 2. The predicted molar refractivity (Wildman–Crippen MR) is 131 cm³/mol. The maximum Gasteiger partial charge on any atom is 0.321 e. The van der Waals surface area contributed by atoms with Gasteiger partial charge in [-0.2, -0.15) is 0 Å². The molecule has 1 aliphatic heterocycles. The Morgan fingerprint density at radius 3 is 2.41 bits per heavy atom. The number of piperidine rings is 1. The third-order valence-electron chi connectivity index (χ3n) is 5.71. The molecule has 2 heterocycles. The van der Waals surface area contributed by atoms with Crippen molar-refractivity contribution >= 4 is 34.6 Å². The number of benzene rings is 2. The van der Waals surface area contributed by atoms with E-state index in [1.54, 1.807) is 43.4 Å². The molecule has 4 rings (SSSR count). The van der Waals surface area contributed by atoms with E-state index >= 15 is 0 Å². The highest BCUT2D eigenvalue weighted by molar-refractivity contribution is 7.13. The number of ether oxygens (including phenoxy) is 2. The molecule has 34 heavy (non-hydrogen) atoms. The van der Waals surface area contributed by atoms with Gasteiger partial charge in [0.2, 0.25) is 5.01 Å². The van der Waals surface area contributed by atoms with Crippen molar-refractivity contribution in [1.29, 1.82) is 0 Å². The van der Waals surface area contributed by atoms with Gasteiger partial charge in [-0.15, -0.1) is 10.2 Å². The number of likely N-dealkylation sites (tertiary alicyclic amines) is 1. The molecule has 1 saturated heterocycles. The zero-order valence-electron chi connectivity index (χ0n) is 19.3. The van der Waals surface area contributed by atoms with Gasteiger partial charge in [0.25, 0.3) is 5.91 Å². The van der Waals surface area contributed by atoms with Crippen molar-refractivity contribution in [3.05, 3.63) is 58.0 Å². The lowest BCUT2D eigenvalue weighted by atomic mass is 9.98. The Morgan fingerprint density at radius 2 is 1.74 bits per heavy atom. The van der Waals surface area contributed by atoms with Gasteiger partial charge in [0.15, 0.2) is 0 Å². The molecule has 10 heteroatoms. The van der Waals surface area contributed by atoms with E-state index in [-0.39, 0.29) is 17.9 Å². The molecule has 0 saturated carbocycles. The fourth-order valence-corrected chi connectivity index (χ4v) is 4.70. The van der Waals surface area contributed by atoms with Crippen LogP contribution in [0.2, 0.25) is 0 Å². The van der Waals surface area contributed by atoms with Gasteiger partial charge in [0.05, 0.1) is 19.9 Å². The number of carbonyl (C=O) groups is 2. The second-order valence-corrected chi connectivity index (χ2v) is 9.03. The fourth-order valence-electron chi connectivity index (χ4n) is 3.79. The minimum Gasteiger partial charge on any atom is -0.497 e. The number of nitrogens with zero attached hydrogens (tertiary/aromatic N) is 3. The standard InChI is InChI=1S/C24H27N5O4S/c1-15-4-9-20(33-3)19(14-15)26-24(31)29-12-10-16(11-13-29)22-27-28-23(34-22)21(30)25-17-5-7-18(32-2)8-6-17/h4-9,14,16H,10-13H2,1-3H3,(H,25,30)(H,26,31). The summed E-state index contributed by atoms with van der Waals surface area (Å²) in [6.45, 7) is 3.16. The molecule has 0 spiro atoms. The topological polar surface area (TPSA) is 106 Å². The molecule has 1 aliphatic rings. The van der Waals surface area contributed by atoms with E-state index in [0.29, 0.717) is 41.0 Å². The molecule has 3 aromatic rings. The minimum atomic E-state index is -0.294. The summed E-state index contributed by atoms with van der Waals surface area (Å²) < 4.78 is 10.5. The third-order valence-corrected chi connectivity index (χ3v) is 6.80. The molecule has 2 aromatic carbocycles. The van der Waals surface area contributed by atoms with E-state index < -0.39 is 0 Å². The van der Waals surface area contributed by atoms with Crippen molar-refractivity contribution in [2.45, 2.75) is 25.7 Å². The number of urea groups is 1. The van der Waals surface area contributed by atoms with Crippen molar-refractivity contribution in [1.82, 2.24) is 15.1 Å². The Balaban J connectivity index is 1.31. The average Bonchev–Trinajstić information content (AvgIpc) is 3.35. The van der Waals surface area contributed by atoms with E-state index in [9.17, 15) is 9.59 Å². The first-order chi connectivity index (χ1) is 16.5. The molecular formula is C24H27N5O4S. The number of hydrogen-bond acceptors (Lipinski definition) is 7. The number of aryl methyl sites for hydroxylation is 1. The smallest absolute Gasteiger partial charge is 0.321 e. The summed E-state index contributed by atoms with van der Waals surface area (Å²) in [5, 5.41) is 15.3. The zero-order valence-corrected chi connectivity index (χ0v) is 20.1. The van der Waals surface area contributed by atoms with Crippen LogP contribution in [0, 0.1) is 6.92 Å². The maximum absolute atomic E-state index is 12.8. The van der Waals surface area contributed by atoms with Crippen molar-refractivity contribution in [3.8, 4) is 11.5 Å². The van der Waals surface area contributed by atoms with Crippen LogP contribution < -0.4 is 20.1 Å². The summed E-state index contributed by atoms with van der Waals surface area (Å²) in [7, 11) is 3.17. The van der Waals surface area contributed by atoms with Crippen LogP contribution in [0.1, 0.15) is 39.1 Å². The Labute approximate surface area is 202 Å². The van der Waals surface area contributed by atoms with E-state index in [2.05, 4.69) is 20.8 Å². The van der Waals surface area contributed by atoms with Crippen LogP contribution in [-0.2, 0) is 0 Å². The number of carbonyl (C=O) groups excluding carboxylic acids is 2. The second-order valence-electron chi connectivity index (χ2n) is 8.02. The molecule has 0 radical (unpaired) electrons. The minimum absolute atomic E-state index is 0.154. The normalized spacial score (nSPS) is 13.9. The first-order valence-electron chi connectivity index (χ1n) is 11.0. The van der Waals surface area contributed by atoms with Gasteiger partial charge in [-0.1, -0.05) is 17.4 Å². The lowest BCUT2D eigenvalue weighted by Crippen LogP contribution is -2.40. The summed E-state index contributed by atoms with van der Waals surface area (Å²) in [5.41, 5.74) is 2.36. The van der Waals surface area contributed by atoms with Crippen LogP contribution in [0.4, 0.5) is 16.2 Å². The molecular weight excluding hydrogens is 454 g/mol. The molecule has 9 nitrogen and oxygen atoms in total. The lowest BCUT2D eigenvalue weighted by Gasteiger charge is -2.31. The summed E-state index contributed by atoms with van der Waals surface area (Å²) in [6.07, 6.45) is 1.51. The highest BCUT2D eigenvalue weighted by Gasteiger charge is 2.27. The second kappa shape index (κ2) is 10.5. The Morgan fingerprint density at radius 1 is 1.00 bits per heavy atom. The van der Waals surface area contributed by atoms with E-state index in [4.69, 9.17) is 9.47 Å². The molecule has 0 unspecified atom stereocenters. The van der Waals surface area contributed by atoms with Crippen LogP contribution >= 0.6 is 11.3 Å². The van der Waals surface area contributed by atoms with Gasteiger partial charge in [-0.25, -0.2) is 4.79 Å². The van der Waals surface area contributed by atoms with Crippen LogP contribution in [0.25, 0.3) is 0 Å². The number of amides is 3. The third kappa shape index (κ3) is 5.45. The first-order valence-corrected chi connectivity index (χ1v) is 11.8. The quantitative estimate of drug-likeness (QED) is 0.536.